The third kappa shape index (κ3) is 0.993. The summed E-state index contributed by atoms with van der Waals surface area (Å²) in [4.78, 5) is 8.12. The van der Waals surface area contributed by atoms with E-state index in [1.54, 1.807) is 25.7 Å². The zero-order valence-corrected chi connectivity index (χ0v) is 6.69. The van der Waals surface area contributed by atoms with Crippen LogP contribution >= 0.6 is 0 Å². The molecule has 0 saturated heterocycles. The van der Waals surface area contributed by atoms with Crippen molar-refractivity contribution in [3.05, 3.63) is 30.7 Å². The van der Waals surface area contributed by atoms with Gasteiger partial charge in [-0.15, -0.1) is 0 Å². The highest BCUT2D eigenvalue weighted by molar-refractivity contribution is 5.83. The monoisotopic (exact) mass is 160 g/mol. The summed E-state index contributed by atoms with van der Waals surface area (Å²) in [5.74, 6) is 0.836. The van der Waals surface area contributed by atoms with E-state index in [-0.39, 0.29) is 0 Å². The van der Waals surface area contributed by atoms with Crippen molar-refractivity contribution < 1.29 is 4.74 Å². The van der Waals surface area contributed by atoms with Gasteiger partial charge in [0.05, 0.1) is 18.8 Å². The van der Waals surface area contributed by atoms with E-state index in [9.17, 15) is 0 Å². The Kier molecular flexibility index (Phi) is 1.63. The van der Waals surface area contributed by atoms with Gasteiger partial charge >= 0.3 is 0 Å². The Labute approximate surface area is 70.0 Å². The van der Waals surface area contributed by atoms with Crippen molar-refractivity contribution in [1.29, 1.82) is 0 Å². The number of nitrogens with zero attached hydrogens (tertiary/aromatic N) is 2. The molecule has 0 atom stereocenters. The van der Waals surface area contributed by atoms with Gasteiger partial charge in [0.2, 0.25) is 0 Å². The first-order valence-electron chi connectivity index (χ1n) is 3.64. The standard InChI is InChI=1S/C9H8N2O/c1-12-9-3-5-11-8-6-10-4-2-7(8)9/h2-6H,1H3. The van der Waals surface area contributed by atoms with Crippen molar-refractivity contribution in [3.8, 4) is 5.75 Å². The quantitative estimate of drug-likeness (QED) is 0.636. The van der Waals surface area contributed by atoms with Crippen LogP contribution in [0.4, 0.5) is 0 Å². The minimum atomic E-state index is 0.836. The van der Waals surface area contributed by atoms with Crippen LogP contribution in [0.2, 0.25) is 0 Å². The van der Waals surface area contributed by atoms with Crippen molar-refractivity contribution >= 4 is 10.9 Å². The number of fused-ring (bicyclic) bond motifs is 1. The highest BCUT2D eigenvalue weighted by atomic mass is 16.5. The van der Waals surface area contributed by atoms with Gasteiger partial charge in [0.15, 0.2) is 0 Å². The normalized spacial score (nSPS) is 10.1. The second-order valence-electron chi connectivity index (χ2n) is 2.41. The van der Waals surface area contributed by atoms with Gasteiger partial charge in [0.1, 0.15) is 5.75 Å². The molecule has 2 rings (SSSR count). The highest BCUT2D eigenvalue weighted by Gasteiger charge is 1.99. The maximum atomic E-state index is 5.16. The summed E-state index contributed by atoms with van der Waals surface area (Å²) in [5, 5.41) is 0.995. The van der Waals surface area contributed by atoms with E-state index in [1.165, 1.54) is 0 Å². The Morgan fingerprint density at radius 1 is 1.25 bits per heavy atom. The van der Waals surface area contributed by atoms with Gasteiger partial charge in [-0.3, -0.25) is 9.97 Å². The number of hydrogen-bond acceptors (Lipinski definition) is 3. The van der Waals surface area contributed by atoms with E-state index in [0.29, 0.717) is 0 Å². The Hall–Kier alpha value is -1.64. The molecule has 2 aromatic rings. The number of aromatic nitrogens is 2. The fourth-order valence-corrected chi connectivity index (χ4v) is 1.15. The second kappa shape index (κ2) is 2.77. The predicted octanol–water partition coefficient (Wildman–Crippen LogP) is 1.64. The second-order valence-corrected chi connectivity index (χ2v) is 2.41. The fourth-order valence-electron chi connectivity index (χ4n) is 1.15. The molecule has 0 amide bonds. The van der Waals surface area contributed by atoms with Crippen LogP contribution in [0.1, 0.15) is 0 Å². The zero-order valence-electron chi connectivity index (χ0n) is 6.69. The molecule has 3 heteroatoms. The fraction of sp³-hybridized carbons (Fsp3) is 0.111. The lowest BCUT2D eigenvalue weighted by Crippen LogP contribution is -1.86. The number of ether oxygens (including phenoxy) is 1. The van der Waals surface area contributed by atoms with Crippen LogP contribution in [-0.2, 0) is 0 Å². The van der Waals surface area contributed by atoms with Crippen LogP contribution in [0.15, 0.2) is 30.7 Å². The topological polar surface area (TPSA) is 35.0 Å². The van der Waals surface area contributed by atoms with Crippen LogP contribution in [-0.4, -0.2) is 17.1 Å². The van der Waals surface area contributed by atoms with Gasteiger partial charge in [-0.1, -0.05) is 0 Å². The molecule has 0 spiro atoms. The predicted molar refractivity (Wildman–Crippen MR) is 46.1 cm³/mol. The molecule has 0 N–H and O–H groups in total. The van der Waals surface area contributed by atoms with Gasteiger partial charge in [0, 0.05) is 17.8 Å². The molecule has 0 aliphatic heterocycles. The Balaban J connectivity index is 2.79. The van der Waals surface area contributed by atoms with Crippen LogP contribution in [0.25, 0.3) is 10.9 Å². The third-order valence-electron chi connectivity index (χ3n) is 1.72. The summed E-state index contributed by atoms with van der Waals surface area (Å²) in [6, 6.07) is 3.73. The molecule has 0 aromatic carbocycles. The molecule has 2 aromatic heterocycles. The average molecular weight is 160 g/mol. The number of pyridine rings is 2. The Bertz CT molecular complexity index is 395. The lowest BCUT2D eigenvalue weighted by Gasteiger charge is -2.02. The van der Waals surface area contributed by atoms with E-state index in [1.807, 2.05) is 12.1 Å². The molecular formula is C9H8N2O. The molecule has 0 aliphatic carbocycles. The van der Waals surface area contributed by atoms with E-state index in [2.05, 4.69) is 9.97 Å². The third-order valence-corrected chi connectivity index (χ3v) is 1.72. The largest absolute Gasteiger partial charge is 0.496 e. The molecule has 0 bridgehead atoms. The van der Waals surface area contributed by atoms with Gasteiger partial charge in [0.25, 0.3) is 0 Å². The molecular weight excluding hydrogens is 152 g/mol. The van der Waals surface area contributed by atoms with Crippen LogP contribution < -0.4 is 4.74 Å². The summed E-state index contributed by atoms with van der Waals surface area (Å²) in [5.41, 5.74) is 0.858. The minimum Gasteiger partial charge on any atom is -0.496 e. The van der Waals surface area contributed by atoms with Gasteiger partial charge in [-0.05, 0) is 12.1 Å². The molecule has 12 heavy (non-hydrogen) atoms. The first-order chi connectivity index (χ1) is 5.92. The van der Waals surface area contributed by atoms with Crippen molar-refractivity contribution in [2.45, 2.75) is 0 Å². The average Bonchev–Trinajstić information content (AvgIpc) is 2.17. The maximum Gasteiger partial charge on any atom is 0.129 e. The molecule has 0 aliphatic rings. The molecule has 0 fully saturated rings. The SMILES string of the molecule is COc1ccnc2cnccc12. The molecule has 2 heterocycles. The molecule has 3 nitrogen and oxygen atoms in total. The summed E-state index contributed by atoms with van der Waals surface area (Å²) < 4.78 is 5.16. The Morgan fingerprint density at radius 3 is 3.00 bits per heavy atom. The number of rotatable bonds is 1. The van der Waals surface area contributed by atoms with Crippen LogP contribution in [0.5, 0.6) is 5.75 Å². The molecule has 0 unspecified atom stereocenters. The number of hydrogen-bond donors (Lipinski definition) is 0. The molecule has 0 radical (unpaired) electrons. The van der Waals surface area contributed by atoms with E-state index in [4.69, 9.17) is 4.74 Å². The molecule has 60 valence electrons. The lowest BCUT2D eigenvalue weighted by molar-refractivity contribution is 0.419. The first kappa shape index (κ1) is 7.03. The summed E-state index contributed by atoms with van der Waals surface area (Å²) in [7, 11) is 1.65. The van der Waals surface area contributed by atoms with Crippen molar-refractivity contribution in [1.82, 2.24) is 9.97 Å². The van der Waals surface area contributed by atoms with E-state index >= 15 is 0 Å². The van der Waals surface area contributed by atoms with Crippen molar-refractivity contribution in [2.75, 3.05) is 7.11 Å². The summed E-state index contributed by atoms with van der Waals surface area (Å²) >= 11 is 0. The zero-order chi connectivity index (χ0) is 8.39. The van der Waals surface area contributed by atoms with E-state index < -0.39 is 0 Å². The van der Waals surface area contributed by atoms with Gasteiger partial charge in [-0.25, -0.2) is 0 Å². The smallest absolute Gasteiger partial charge is 0.129 e. The van der Waals surface area contributed by atoms with Crippen LogP contribution in [0.3, 0.4) is 0 Å². The number of methoxy groups -OCH3 is 1. The van der Waals surface area contributed by atoms with Crippen LogP contribution in [0, 0.1) is 0 Å². The maximum absolute atomic E-state index is 5.16. The summed E-state index contributed by atoms with van der Waals surface area (Å²) in [6.45, 7) is 0. The summed E-state index contributed by atoms with van der Waals surface area (Å²) in [6.07, 6.45) is 5.16. The van der Waals surface area contributed by atoms with E-state index in [0.717, 1.165) is 16.7 Å². The van der Waals surface area contributed by atoms with Crippen molar-refractivity contribution in [3.63, 3.8) is 0 Å². The first-order valence-corrected chi connectivity index (χ1v) is 3.64. The molecule has 0 saturated carbocycles. The van der Waals surface area contributed by atoms with Crippen molar-refractivity contribution in [2.24, 2.45) is 0 Å². The Morgan fingerprint density at radius 2 is 2.17 bits per heavy atom. The highest BCUT2D eigenvalue weighted by Crippen LogP contribution is 2.21. The van der Waals surface area contributed by atoms with Gasteiger partial charge in [-0.2, -0.15) is 0 Å². The lowest BCUT2D eigenvalue weighted by atomic mass is 10.2. The van der Waals surface area contributed by atoms with Gasteiger partial charge < -0.3 is 4.74 Å². The minimum absolute atomic E-state index is 0.836.